The molecule has 0 bridgehead atoms. The third-order valence-corrected chi connectivity index (χ3v) is 5.76. The van der Waals surface area contributed by atoms with Gasteiger partial charge < -0.3 is 15.5 Å². The Bertz CT molecular complexity index is 1360. The van der Waals surface area contributed by atoms with Crippen LogP contribution >= 0.6 is 0 Å². The first-order valence-electron chi connectivity index (χ1n) is 11.0. The van der Waals surface area contributed by atoms with Gasteiger partial charge in [-0.3, -0.25) is 9.36 Å². The van der Waals surface area contributed by atoms with Crippen LogP contribution in [-0.2, 0) is 0 Å². The zero-order valence-corrected chi connectivity index (χ0v) is 18.2. The molecule has 0 unspecified atom stereocenters. The van der Waals surface area contributed by atoms with E-state index in [0.29, 0.717) is 22.5 Å². The number of rotatable bonds is 4. The molecule has 7 nitrogen and oxygen atoms in total. The first-order valence-corrected chi connectivity index (χ1v) is 11.0. The molecule has 0 atom stereocenters. The number of para-hydroxylation sites is 1. The fourth-order valence-electron chi connectivity index (χ4n) is 4.10. The van der Waals surface area contributed by atoms with Crippen LogP contribution in [0.4, 0.5) is 17.3 Å². The third kappa shape index (κ3) is 4.29. The van der Waals surface area contributed by atoms with Gasteiger partial charge in [0.2, 0.25) is 5.95 Å². The summed E-state index contributed by atoms with van der Waals surface area (Å²) in [6.07, 6.45) is 8.44. The number of fused-ring (bicyclic) bond motifs is 1. The molecule has 0 saturated carbocycles. The first kappa shape index (κ1) is 20.7. The first-order chi connectivity index (χ1) is 16.2. The van der Waals surface area contributed by atoms with E-state index in [-0.39, 0.29) is 5.56 Å². The predicted octanol–water partition coefficient (Wildman–Crippen LogP) is 3.31. The number of hydrogen-bond acceptors (Lipinski definition) is 6. The number of pyridine rings is 1. The Morgan fingerprint density at radius 3 is 2.61 bits per heavy atom. The Labute approximate surface area is 192 Å². The molecule has 2 aromatic heterocycles. The Morgan fingerprint density at radius 2 is 1.82 bits per heavy atom. The summed E-state index contributed by atoms with van der Waals surface area (Å²) < 4.78 is 1.56. The zero-order valence-electron chi connectivity index (χ0n) is 18.2. The largest absolute Gasteiger partial charge is 0.370 e. The van der Waals surface area contributed by atoms with E-state index in [9.17, 15) is 4.79 Å². The van der Waals surface area contributed by atoms with Crippen molar-refractivity contribution in [3.05, 3.63) is 82.8 Å². The SMILES string of the molecule is C#Cc1cc(=O)n(-c2ccccc2)c2nc(Nc3ccc(N4CCCNCC4)cc3)ncc12. The molecule has 0 radical (unpaired) electrons. The Kier molecular flexibility index (Phi) is 5.75. The van der Waals surface area contributed by atoms with Gasteiger partial charge in [-0.15, -0.1) is 6.42 Å². The summed E-state index contributed by atoms with van der Waals surface area (Å²) in [7, 11) is 0. The zero-order chi connectivity index (χ0) is 22.6. The van der Waals surface area contributed by atoms with Crippen LogP contribution in [0, 0.1) is 12.3 Å². The van der Waals surface area contributed by atoms with Gasteiger partial charge in [0.25, 0.3) is 5.56 Å². The molecular weight excluding hydrogens is 412 g/mol. The number of nitrogens with zero attached hydrogens (tertiary/aromatic N) is 4. The van der Waals surface area contributed by atoms with E-state index in [0.717, 1.165) is 44.0 Å². The molecule has 0 aliphatic carbocycles. The molecule has 1 saturated heterocycles. The molecule has 4 aromatic rings. The molecular formula is C26H24N6O. The van der Waals surface area contributed by atoms with E-state index >= 15 is 0 Å². The topological polar surface area (TPSA) is 75.1 Å². The van der Waals surface area contributed by atoms with Gasteiger partial charge in [-0.25, -0.2) is 4.98 Å². The molecule has 1 aliphatic rings. The van der Waals surface area contributed by atoms with Crippen molar-refractivity contribution in [1.29, 1.82) is 0 Å². The van der Waals surface area contributed by atoms with Crippen molar-refractivity contribution in [2.45, 2.75) is 6.42 Å². The van der Waals surface area contributed by atoms with Crippen LogP contribution in [0.3, 0.4) is 0 Å². The maximum Gasteiger partial charge on any atom is 0.258 e. The molecule has 0 amide bonds. The second-order valence-corrected chi connectivity index (χ2v) is 7.90. The number of nitrogens with one attached hydrogen (secondary N) is 2. The Balaban J connectivity index is 1.49. The lowest BCUT2D eigenvalue weighted by Crippen LogP contribution is -2.27. The van der Waals surface area contributed by atoms with Gasteiger partial charge in [0.15, 0.2) is 5.65 Å². The van der Waals surface area contributed by atoms with Gasteiger partial charge in [-0.2, -0.15) is 4.98 Å². The molecule has 0 spiro atoms. The van der Waals surface area contributed by atoms with E-state index in [1.54, 1.807) is 10.8 Å². The van der Waals surface area contributed by atoms with E-state index in [1.807, 2.05) is 42.5 Å². The fraction of sp³-hybridized carbons (Fsp3) is 0.192. The Morgan fingerprint density at radius 1 is 1.00 bits per heavy atom. The summed E-state index contributed by atoms with van der Waals surface area (Å²) in [5.74, 6) is 2.97. The number of anilines is 3. The van der Waals surface area contributed by atoms with Crippen LogP contribution in [0.25, 0.3) is 16.7 Å². The van der Waals surface area contributed by atoms with Crippen molar-refractivity contribution in [3.8, 4) is 18.0 Å². The summed E-state index contributed by atoms with van der Waals surface area (Å²) in [4.78, 5) is 24.4. The lowest BCUT2D eigenvalue weighted by atomic mass is 10.2. The molecule has 7 heteroatoms. The molecule has 33 heavy (non-hydrogen) atoms. The van der Waals surface area contributed by atoms with Crippen LogP contribution in [0.5, 0.6) is 0 Å². The lowest BCUT2D eigenvalue weighted by molar-refractivity contribution is 0.724. The number of terminal acetylenes is 1. The molecule has 1 fully saturated rings. The summed E-state index contributed by atoms with van der Waals surface area (Å²) in [5.41, 5.74) is 3.49. The summed E-state index contributed by atoms with van der Waals surface area (Å²) >= 11 is 0. The summed E-state index contributed by atoms with van der Waals surface area (Å²) in [5, 5.41) is 7.33. The number of hydrogen-bond donors (Lipinski definition) is 2. The maximum absolute atomic E-state index is 12.9. The van der Waals surface area contributed by atoms with Crippen LogP contribution in [0.15, 0.2) is 71.7 Å². The minimum Gasteiger partial charge on any atom is -0.370 e. The average Bonchev–Trinajstić information content (AvgIpc) is 3.14. The van der Waals surface area contributed by atoms with Crippen molar-refractivity contribution < 1.29 is 0 Å². The quantitative estimate of drug-likeness (QED) is 0.478. The monoisotopic (exact) mass is 436 g/mol. The molecule has 2 aromatic carbocycles. The van der Waals surface area contributed by atoms with E-state index < -0.39 is 0 Å². The minimum absolute atomic E-state index is 0.234. The fourth-order valence-corrected chi connectivity index (χ4v) is 4.10. The normalized spacial score (nSPS) is 14.0. The average molecular weight is 437 g/mol. The standard InChI is InChI=1S/C26H24N6O/c1-2-19-17-24(33)32(22-7-4-3-5-8-22)25-23(19)18-28-26(30-25)29-20-9-11-21(12-10-20)31-15-6-13-27-14-16-31/h1,3-5,7-12,17-18,27H,6,13-16H2,(H,28,29,30). The highest BCUT2D eigenvalue weighted by molar-refractivity contribution is 5.83. The van der Waals surface area contributed by atoms with E-state index in [1.165, 1.54) is 11.8 Å². The van der Waals surface area contributed by atoms with E-state index in [2.05, 4.69) is 43.6 Å². The molecule has 2 N–H and O–H groups in total. The van der Waals surface area contributed by atoms with E-state index in [4.69, 9.17) is 6.42 Å². The van der Waals surface area contributed by atoms with Crippen molar-refractivity contribution in [2.75, 3.05) is 36.4 Å². The maximum atomic E-state index is 12.9. The Hall–Kier alpha value is -4.15. The predicted molar refractivity (Wildman–Crippen MR) is 132 cm³/mol. The molecule has 5 rings (SSSR count). The molecule has 1 aliphatic heterocycles. The highest BCUT2D eigenvalue weighted by atomic mass is 16.1. The summed E-state index contributed by atoms with van der Waals surface area (Å²) in [6.45, 7) is 4.09. The van der Waals surface area contributed by atoms with Crippen molar-refractivity contribution in [2.24, 2.45) is 0 Å². The van der Waals surface area contributed by atoms with Gasteiger partial charge >= 0.3 is 0 Å². The van der Waals surface area contributed by atoms with Crippen LogP contribution in [0.2, 0.25) is 0 Å². The minimum atomic E-state index is -0.234. The van der Waals surface area contributed by atoms with Crippen LogP contribution in [0.1, 0.15) is 12.0 Å². The third-order valence-electron chi connectivity index (χ3n) is 5.76. The molecule has 3 heterocycles. The van der Waals surface area contributed by atoms with Crippen LogP contribution < -0.4 is 21.1 Å². The van der Waals surface area contributed by atoms with Gasteiger partial charge in [0.05, 0.1) is 11.1 Å². The second kappa shape index (κ2) is 9.15. The summed E-state index contributed by atoms with van der Waals surface area (Å²) in [6, 6.07) is 19.1. The number of benzene rings is 2. The van der Waals surface area contributed by atoms with Gasteiger partial charge in [-0.1, -0.05) is 24.1 Å². The van der Waals surface area contributed by atoms with Crippen molar-refractivity contribution in [3.63, 3.8) is 0 Å². The molecule has 164 valence electrons. The number of aromatic nitrogens is 3. The van der Waals surface area contributed by atoms with Gasteiger partial charge in [0.1, 0.15) is 0 Å². The highest BCUT2D eigenvalue weighted by Gasteiger charge is 2.13. The van der Waals surface area contributed by atoms with Crippen LogP contribution in [-0.4, -0.2) is 40.7 Å². The second-order valence-electron chi connectivity index (χ2n) is 7.90. The van der Waals surface area contributed by atoms with Crippen molar-refractivity contribution in [1.82, 2.24) is 19.9 Å². The lowest BCUT2D eigenvalue weighted by Gasteiger charge is -2.22. The van der Waals surface area contributed by atoms with Gasteiger partial charge in [0, 0.05) is 48.8 Å². The highest BCUT2D eigenvalue weighted by Crippen LogP contribution is 2.23. The van der Waals surface area contributed by atoms with Crippen molar-refractivity contribution >= 4 is 28.4 Å². The smallest absolute Gasteiger partial charge is 0.258 e. The van der Waals surface area contributed by atoms with Gasteiger partial charge in [-0.05, 0) is 49.4 Å².